The number of carboxylic acid groups (broad SMARTS) is 1. The average Bonchev–Trinajstić information content (AvgIpc) is 2.93. The van der Waals surface area contributed by atoms with Crippen molar-refractivity contribution in [2.45, 2.75) is 32.7 Å². The Morgan fingerprint density at radius 3 is 2.30 bits per heavy atom. The van der Waals surface area contributed by atoms with Crippen molar-refractivity contribution in [1.82, 2.24) is 4.90 Å². The van der Waals surface area contributed by atoms with Gasteiger partial charge in [-0.2, -0.15) is 0 Å². The summed E-state index contributed by atoms with van der Waals surface area (Å²) in [6.45, 7) is 10.0. The summed E-state index contributed by atoms with van der Waals surface area (Å²) in [6.07, 6.45) is 6.46. The Balaban J connectivity index is 2.29. The molecule has 1 fully saturated rings. The van der Waals surface area contributed by atoms with E-state index in [0.29, 0.717) is 6.54 Å². The Morgan fingerprint density at radius 1 is 1.30 bits per heavy atom. The van der Waals surface area contributed by atoms with Crippen LogP contribution in [0.25, 0.3) is 0 Å². The van der Waals surface area contributed by atoms with Gasteiger partial charge in [0, 0.05) is 12.1 Å². The number of fused-ring (bicyclic) bond motifs is 2. The summed E-state index contributed by atoms with van der Waals surface area (Å²) in [5, 5.41) is 9.44. The summed E-state index contributed by atoms with van der Waals surface area (Å²) in [4.78, 5) is 26.1. The second-order valence-corrected chi connectivity index (χ2v) is 6.75. The monoisotopic (exact) mass is 277 g/mol. The van der Waals surface area contributed by atoms with Crippen molar-refractivity contribution in [3.8, 4) is 0 Å². The molecule has 1 saturated carbocycles. The van der Waals surface area contributed by atoms with Crippen molar-refractivity contribution in [1.29, 1.82) is 0 Å². The molecule has 0 saturated heterocycles. The minimum absolute atomic E-state index is 0.0111. The molecular formula is C16H23NO3. The van der Waals surface area contributed by atoms with Gasteiger partial charge in [0.1, 0.15) is 0 Å². The fourth-order valence-corrected chi connectivity index (χ4v) is 3.50. The SMILES string of the molecule is C=CCN(C(=O)C1C2C=CC(C2)C1C(=O)O)C(C)(C)C. The van der Waals surface area contributed by atoms with Gasteiger partial charge in [-0.1, -0.05) is 18.2 Å². The lowest BCUT2D eigenvalue weighted by atomic mass is 9.81. The molecule has 0 aromatic heterocycles. The summed E-state index contributed by atoms with van der Waals surface area (Å²) in [7, 11) is 0. The third-order valence-corrected chi connectivity index (χ3v) is 4.42. The molecule has 0 aromatic rings. The van der Waals surface area contributed by atoms with Crippen LogP contribution in [0, 0.1) is 23.7 Å². The number of carbonyl (C=O) groups excluding carboxylic acids is 1. The molecule has 0 spiro atoms. The van der Waals surface area contributed by atoms with Crippen LogP contribution in [0.1, 0.15) is 27.2 Å². The van der Waals surface area contributed by atoms with E-state index < -0.39 is 17.8 Å². The second-order valence-electron chi connectivity index (χ2n) is 6.75. The molecule has 4 heteroatoms. The van der Waals surface area contributed by atoms with Crippen LogP contribution in [0.15, 0.2) is 24.8 Å². The van der Waals surface area contributed by atoms with Crippen LogP contribution in [-0.4, -0.2) is 34.0 Å². The summed E-state index contributed by atoms with van der Waals surface area (Å²) >= 11 is 0. The van der Waals surface area contributed by atoms with Crippen molar-refractivity contribution in [3.05, 3.63) is 24.8 Å². The molecule has 2 bridgehead atoms. The van der Waals surface area contributed by atoms with Crippen molar-refractivity contribution in [3.63, 3.8) is 0 Å². The van der Waals surface area contributed by atoms with Gasteiger partial charge in [0.05, 0.1) is 11.8 Å². The Morgan fingerprint density at radius 2 is 1.85 bits per heavy atom. The Bertz CT molecular complexity index is 461. The minimum atomic E-state index is -0.854. The van der Waals surface area contributed by atoms with Crippen LogP contribution in [0.3, 0.4) is 0 Å². The first kappa shape index (κ1) is 14.8. The maximum atomic E-state index is 12.9. The van der Waals surface area contributed by atoms with Crippen molar-refractivity contribution < 1.29 is 14.7 Å². The topological polar surface area (TPSA) is 57.6 Å². The highest BCUT2D eigenvalue weighted by molar-refractivity contribution is 5.87. The highest BCUT2D eigenvalue weighted by atomic mass is 16.4. The van der Waals surface area contributed by atoms with Gasteiger partial charge < -0.3 is 10.0 Å². The average molecular weight is 277 g/mol. The maximum Gasteiger partial charge on any atom is 0.307 e. The molecule has 4 atom stereocenters. The first-order chi connectivity index (χ1) is 9.27. The number of carbonyl (C=O) groups is 2. The van der Waals surface area contributed by atoms with E-state index >= 15 is 0 Å². The predicted octanol–water partition coefficient (Wildman–Crippen LogP) is 2.32. The van der Waals surface area contributed by atoms with Crippen molar-refractivity contribution in [2.75, 3.05) is 6.54 Å². The quantitative estimate of drug-likeness (QED) is 0.802. The fourth-order valence-electron chi connectivity index (χ4n) is 3.50. The van der Waals surface area contributed by atoms with E-state index in [2.05, 4.69) is 6.58 Å². The third kappa shape index (κ3) is 2.39. The van der Waals surface area contributed by atoms with E-state index in [4.69, 9.17) is 0 Å². The molecule has 2 rings (SSSR count). The zero-order chi connectivity index (χ0) is 15.1. The number of aliphatic carboxylic acids is 1. The fraction of sp³-hybridized carbons (Fsp3) is 0.625. The summed E-state index contributed by atoms with van der Waals surface area (Å²) in [5.74, 6) is -1.83. The molecule has 0 heterocycles. The maximum absolute atomic E-state index is 12.9. The van der Waals surface area contributed by atoms with Crippen LogP contribution in [0.2, 0.25) is 0 Å². The number of hydrogen-bond acceptors (Lipinski definition) is 2. The van der Waals surface area contributed by atoms with Crippen molar-refractivity contribution in [2.24, 2.45) is 23.7 Å². The lowest BCUT2D eigenvalue weighted by molar-refractivity contribution is -0.152. The molecule has 2 aliphatic carbocycles. The van der Waals surface area contributed by atoms with Crippen molar-refractivity contribution >= 4 is 11.9 Å². The molecule has 110 valence electrons. The van der Waals surface area contributed by atoms with E-state index in [-0.39, 0.29) is 23.3 Å². The van der Waals surface area contributed by atoms with Crippen LogP contribution < -0.4 is 0 Å². The first-order valence-corrected chi connectivity index (χ1v) is 7.11. The van der Waals surface area contributed by atoms with Crippen LogP contribution in [0.5, 0.6) is 0 Å². The van der Waals surface area contributed by atoms with E-state index in [9.17, 15) is 14.7 Å². The first-order valence-electron chi connectivity index (χ1n) is 7.11. The summed E-state index contributed by atoms with van der Waals surface area (Å²) < 4.78 is 0. The van der Waals surface area contributed by atoms with Gasteiger partial charge in [0.15, 0.2) is 0 Å². The molecule has 2 aliphatic rings. The van der Waals surface area contributed by atoms with Gasteiger partial charge in [-0.15, -0.1) is 6.58 Å². The van der Waals surface area contributed by atoms with Gasteiger partial charge in [-0.05, 0) is 39.0 Å². The highest BCUT2D eigenvalue weighted by Gasteiger charge is 2.53. The van der Waals surface area contributed by atoms with Gasteiger partial charge in [0.25, 0.3) is 0 Å². The molecule has 1 N–H and O–H groups in total. The van der Waals surface area contributed by atoms with Crippen LogP contribution in [-0.2, 0) is 9.59 Å². The third-order valence-electron chi connectivity index (χ3n) is 4.42. The van der Waals surface area contributed by atoms with Crippen LogP contribution >= 0.6 is 0 Å². The molecule has 1 amide bonds. The predicted molar refractivity (Wildman–Crippen MR) is 77.0 cm³/mol. The Kier molecular flexibility index (Phi) is 3.76. The van der Waals surface area contributed by atoms with Gasteiger partial charge >= 0.3 is 5.97 Å². The highest BCUT2D eigenvalue weighted by Crippen LogP contribution is 2.49. The normalized spacial score (nSPS) is 31.4. The number of nitrogens with zero attached hydrogens (tertiary/aromatic N) is 1. The molecule has 0 aromatic carbocycles. The largest absolute Gasteiger partial charge is 0.481 e. The van der Waals surface area contributed by atoms with Gasteiger partial charge in [-0.3, -0.25) is 9.59 Å². The number of carboxylic acids is 1. The summed E-state index contributed by atoms with van der Waals surface area (Å²) in [6, 6.07) is 0. The standard InChI is InChI=1S/C16H23NO3/c1-5-8-17(16(2,3)4)14(18)12-10-6-7-11(9-10)13(12)15(19)20/h5-7,10-13H,1,8-9H2,2-4H3,(H,19,20). The van der Waals surface area contributed by atoms with E-state index in [1.807, 2.05) is 32.9 Å². The second kappa shape index (κ2) is 5.08. The lowest BCUT2D eigenvalue weighted by Gasteiger charge is -2.39. The van der Waals surface area contributed by atoms with Gasteiger partial charge in [0.2, 0.25) is 5.91 Å². The molecule has 4 nitrogen and oxygen atoms in total. The van der Waals surface area contributed by atoms with E-state index in [1.165, 1.54) is 0 Å². The zero-order valence-corrected chi connectivity index (χ0v) is 12.4. The zero-order valence-electron chi connectivity index (χ0n) is 12.4. The molecule has 0 radical (unpaired) electrons. The van der Waals surface area contributed by atoms with E-state index in [1.54, 1.807) is 11.0 Å². The number of rotatable bonds is 4. The number of amides is 1. The smallest absolute Gasteiger partial charge is 0.307 e. The van der Waals surface area contributed by atoms with E-state index in [0.717, 1.165) is 6.42 Å². The molecule has 20 heavy (non-hydrogen) atoms. The minimum Gasteiger partial charge on any atom is -0.481 e. The summed E-state index contributed by atoms with van der Waals surface area (Å²) in [5.41, 5.74) is -0.333. The molecular weight excluding hydrogens is 254 g/mol. The lowest BCUT2D eigenvalue weighted by Crippen LogP contribution is -2.51. The van der Waals surface area contributed by atoms with Gasteiger partial charge in [-0.25, -0.2) is 0 Å². The Labute approximate surface area is 120 Å². The number of hydrogen-bond donors (Lipinski definition) is 1. The molecule has 4 unspecified atom stereocenters. The van der Waals surface area contributed by atoms with Crippen LogP contribution in [0.4, 0.5) is 0 Å². The Hall–Kier alpha value is -1.58. The number of allylic oxidation sites excluding steroid dienone is 2. The molecule has 0 aliphatic heterocycles.